The fourth-order valence-corrected chi connectivity index (χ4v) is 3.23. The van der Waals surface area contributed by atoms with Gasteiger partial charge in [-0.1, -0.05) is 32.1 Å². The molecule has 92 valence electrons. The molecule has 0 aromatic heterocycles. The van der Waals surface area contributed by atoms with Gasteiger partial charge in [-0.25, -0.2) is 0 Å². The summed E-state index contributed by atoms with van der Waals surface area (Å²) in [6.07, 6.45) is 6.20. The molecule has 0 fully saturated rings. The summed E-state index contributed by atoms with van der Waals surface area (Å²) in [5, 5.41) is 0. The minimum Gasteiger partial charge on any atom is -0.292 e. The SMILES string of the molecule is C=CCN(CC=C)CC=C(SCC)SCC. The zero-order valence-electron chi connectivity index (χ0n) is 10.4. The van der Waals surface area contributed by atoms with Crippen LogP contribution in [-0.4, -0.2) is 36.0 Å². The number of nitrogens with zero attached hydrogens (tertiary/aromatic N) is 1. The van der Waals surface area contributed by atoms with Gasteiger partial charge in [-0.3, -0.25) is 4.90 Å². The van der Waals surface area contributed by atoms with Gasteiger partial charge >= 0.3 is 0 Å². The standard InChI is InChI=1S/C13H23NS2/c1-5-10-14(11-6-2)12-9-13(15-7-3)16-8-4/h5-6,9H,1-2,7-8,10-12H2,3-4H3. The summed E-state index contributed by atoms with van der Waals surface area (Å²) in [7, 11) is 0. The molecule has 0 aliphatic rings. The van der Waals surface area contributed by atoms with Crippen LogP contribution in [0.3, 0.4) is 0 Å². The molecule has 0 aliphatic heterocycles. The molecule has 0 unspecified atom stereocenters. The first-order chi connectivity index (χ1) is 7.78. The van der Waals surface area contributed by atoms with E-state index in [0.717, 1.165) is 31.1 Å². The van der Waals surface area contributed by atoms with Crippen molar-refractivity contribution in [3.8, 4) is 0 Å². The highest BCUT2D eigenvalue weighted by atomic mass is 32.2. The Hall–Kier alpha value is -0.120. The fraction of sp³-hybridized carbons (Fsp3) is 0.538. The first-order valence-electron chi connectivity index (χ1n) is 5.68. The average molecular weight is 257 g/mol. The monoisotopic (exact) mass is 257 g/mol. The number of hydrogen-bond donors (Lipinski definition) is 0. The van der Waals surface area contributed by atoms with E-state index in [1.807, 2.05) is 35.7 Å². The van der Waals surface area contributed by atoms with Crippen molar-refractivity contribution < 1.29 is 0 Å². The molecule has 0 rings (SSSR count). The highest BCUT2D eigenvalue weighted by molar-refractivity contribution is 8.22. The summed E-state index contributed by atoms with van der Waals surface area (Å²) in [4.78, 5) is 2.31. The van der Waals surface area contributed by atoms with Crippen molar-refractivity contribution in [2.24, 2.45) is 0 Å². The molecule has 0 saturated heterocycles. The molecule has 0 aromatic carbocycles. The Labute approximate surface area is 109 Å². The van der Waals surface area contributed by atoms with Gasteiger partial charge in [0.15, 0.2) is 0 Å². The second-order valence-electron chi connectivity index (χ2n) is 3.19. The molecular weight excluding hydrogens is 234 g/mol. The van der Waals surface area contributed by atoms with Crippen LogP contribution >= 0.6 is 23.5 Å². The maximum atomic E-state index is 3.78. The third-order valence-electron chi connectivity index (χ3n) is 1.86. The predicted molar refractivity (Wildman–Crippen MR) is 81.2 cm³/mol. The van der Waals surface area contributed by atoms with Gasteiger partial charge < -0.3 is 0 Å². The second kappa shape index (κ2) is 11.4. The Morgan fingerprint density at radius 1 is 1.00 bits per heavy atom. The van der Waals surface area contributed by atoms with Crippen LogP contribution in [0.15, 0.2) is 35.6 Å². The summed E-state index contributed by atoms with van der Waals surface area (Å²) in [5.41, 5.74) is 0. The largest absolute Gasteiger partial charge is 0.292 e. The van der Waals surface area contributed by atoms with Crippen molar-refractivity contribution in [1.82, 2.24) is 4.90 Å². The topological polar surface area (TPSA) is 3.24 Å². The van der Waals surface area contributed by atoms with Gasteiger partial charge in [0.1, 0.15) is 0 Å². The van der Waals surface area contributed by atoms with E-state index in [0.29, 0.717) is 0 Å². The smallest absolute Gasteiger partial charge is 0.0373 e. The van der Waals surface area contributed by atoms with E-state index >= 15 is 0 Å². The number of rotatable bonds is 10. The second-order valence-corrected chi connectivity index (χ2v) is 6.06. The minimum absolute atomic E-state index is 0.920. The predicted octanol–water partition coefficient (Wildman–Crippen LogP) is 4.01. The van der Waals surface area contributed by atoms with Crippen LogP contribution in [0.4, 0.5) is 0 Å². The summed E-state index contributed by atoms with van der Waals surface area (Å²) in [6, 6.07) is 0. The minimum atomic E-state index is 0.920. The first kappa shape index (κ1) is 15.9. The van der Waals surface area contributed by atoms with E-state index in [9.17, 15) is 0 Å². The lowest BCUT2D eigenvalue weighted by Crippen LogP contribution is -2.23. The normalized spacial score (nSPS) is 10.2. The van der Waals surface area contributed by atoms with Crippen LogP contribution in [0.2, 0.25) is 0 Å². The lowest BCUT2D eigenvalue weighted by molar-refractivity contribution is 0.373. The van der Waals surface area contributed by atoms with Crippen molar-refractivity contribution in [2.45, 2.75) is 13.8 Å². The van der Waals surface area contributed by atoms with E-state index < -0.39 is 0 Å². The molecule has 0 atom stereocenters. The van der Waals surface area contributed by atoms with Crippen molar-refractivity contribution in [3.63, 3.8) is 0 Å². The molecule has 0 heterocycles. The maximum absolute atomic E-state index is 3.78. The van der Waals surface area contributed by atoms with Gasteiger partial charge in [0.2, 0.25) is 0 Å². The van der Waals surface area contributed by atoms with E-state index in [2.05, 4.69) is 38.0 Å². The van der Waals surface area contributed by atoms with Crippen LogP contribution < -0.4 is 0 Å². The molecule has 0 bridgehead atoms. The molecule has 0 aromatic rings. The van der Waals surface area contributed by atoms with Crippen LogP contribution in [-0.2, 0) is 0 Å². The van der Waals surface area contributed by atoms with Crippen LogP contribution in [0, 0.1) is 0 Å². The van der Waals surface area contributed by atoms with Gasteiger partial charge in [-0.2, -0.15) is 0 Å². The van der Waals surface area contributed by atoms with Crippen molar-refractivity contribution in [3.05, 3.63) is 35.6 Å². The Morgan fingerprint density at radius 2 is 1.50 bits per heavy atom. The third-order valence-corrected chi connectivity index (χ3v) is 4.05. The maximum Gasteiger partial charge on any atom is 0.0373 e. The van der Waals surface area contributed by atoms with E-state index in [-0.39, 0.29) is 0 Å². The Bertz CT molecular complexity index is 206. The quantitative estimate of drug-likeness (QED) is 0.544. The lowest BCUT2D eigenvalue weighted by Gasteiger charge is -2.17. The molecule has 0 N–H and O–H groups in total. The highest BCUT2D eigenvalue weighted by Crippen LogP contribution is 2.27. The first-order valence-corrected chi connectivity index (χ1v) is 7.65. The van der Waals surface area contributed by atoms with E-state index in [4.69, 9.17) is 0 Å². The molecule has 1 nitrogen and oxygen atoms in total. The number of hydrogen-bond acceptors (Lipinski definition) is 3. The molecule has 0 saturated carbocycles. The molecular formula is C13H23NS2. The van der Waals surface area contributed by atoms with E-state index in [1.165, 1.54) is 4.24 Å². The summed E-state index contributed by atoms with van der Waals surface area (Å²) in [5.74, 6) is 2.28. The van der Waals surface area contributed by atoms with Gasteiger partial charge in [0, 0.05) is 23.9 Å². The van der Waals surface area contributed by atoms with E-state index in [1.54, 1.807) is 0 Å². The molecule has 0 radical (unpaired) electrons. The summed E-state index contributed by atoms with van der Waals surface area (Å²) >= 11 is 3.85. The molecule has 0 aliphatic carbocycles. The van der Waals surface area contributed by atoms with Crippen LogP contribution in [0.5, 0.6) is 0 Å². The Kier molecular flexibility index (Phi) is 11.3. The lowest BCUT2D eigenvalue weighted by atomic mass is 10.4. The van der Waals surface area contributed by atoms with Gasteiger partial charge in [0.25, 0.3) is 0 Å². The van der Waals surface area contributed by atoms with Gasteiger partial charge in [-0.05, 0) is 11.5 Å². The number of thioether (sulfide) groups is 2. The van der Waals surface area contributed by atoms with Crippen LogP contribution in [0.25, 0.3) is 0 Å². The highest BCUT2D eigenvalue weighted by Gasteiger charge is 2.00. The van der Waals surface area contributed by atoms with Crippen molar-refractivity contribution >= 4 is 23.5 Å². The molecule has 0 amide bonds. The summed E-state index contributed by atoms with van der Waals surface area (Å²) < 4.78 is 1.43. The van der Waals surface area contributed by atoms with Crippen LogP contribution in [0.1, 0.15) is 13.8 Å². The van der Waals surface area contributed by atoms with Crippen molar-refractivity contribution in [2.75, 3.05) is 31.1 Å². The Balaban J connectivity index is 4.21. The molecule has 3 heteroatoms. The zero-order valence-corrected chi connectivity index (χ0v) is 12.1. The molecule has 0 spiro atoms. The van der Waals surface area contributed by atoms with Crippen molar-refractivity contribution in [1.29, 1.82) is 0 Å². The average Bonchev–Trinajstić information content (AvgIpc) is 2.27. The van der Waals surface area contributed by atoms with Gasteiger partial charge in [-0.15, -0.1) is 36.7 Å². The third kappa shape index (κ3) is 8.08. The zero-order chi connectivity index (χ0) is 12.2. The fourth-order valence-electron chi connectivity index (χ4n) is 1.24. The van der Waals surface area contributed by atoms with Gasteiger partial charge in [0.05, 0.1) is 0 Å². The summed E-state index contributed by atoms with van der Waals surface area (Å²) in [6.45, 7) is 14.8. The Morgan fingerprint density at radius 3 is 1.88 bits per heavy atom. The molecule has 16 heavy (non-hydrogen) atoms.